The largest absolute Gasteiger partial charge is 0.465 e. The lowest BCUT2D eigenvalue weighted by molar-refractivity contribution is -0.144. The van der Waals surface area contributed by atoms with Crippen molar-refractivity contribution in [2.24, 2.45) is 5.73 Å². The van der Waals surface area contributed by atoms with Gasteiger partial charge in [0.25, 0.3) is 0 Å². The lowest BCUT2D eigenvalue weighted by Gasteiger charge is -2.09. The fourth-order valence-electron chi connectivity index (χ4n) is 0.708. The van der Waals surface area contributed by atoms with E-state index in [4.69, 9.17) is 10.5 Å². The third-order valence-electron chi connectivity index (χ3n) is 1.16. The average molecular weight is 157 g/mol. The molecule has 0 saturated heterocycles. The van der Waals surface area contributed by atoms with E-state index < -0.39 is 6.04 Å². The Hall–Kier alpha value is -0.830. The van der Waals surface area contributed by atoms with Crippen molar-refractivity contribution in [1.82, 2.24) is 0 Å². The Balaban J connectivity index is 3.73. The minimum atomic E-state index is -0.549. The van der Waals surface area contributed by atoms with Gasteiger partial charge in [-0.1, -0.05) is 5.57 Å². The van der Waals surface area contributed by atoms with Gasteiger partial charge in [0, 0.05) is 0 Å². The van der Waals surface area contributed by atoms with Crippen LogP contribution in [0.25, 0.3) is 0 Å². The average Bonchev–Trinajstić information content (AvgIpc) is 1.86. The van der Waals surface area contributed by atoms with E-state index in [1.165, 1.54) is 0 Å². The fraction of sp³-hybridized carbons (Fsp3) is 0.625. The van der Waals surface area contributed by atoms with Gasteiger partial charge in [-0.3, -0.25) is 4.79 Å². The summed E-state index contributed by atoms with van der Waals surface area (Å²) < 4.78 is 4.70. The second kappa shape index (κ2) is 4.91. The highest BCUT2D eigenvalue weighted by molar-refractivity contribution is 5.75. The maximum atomic E-state index is 10.9. The number of esters is 1. The van der Waals surface area contributed by atoms with Gasteiger partial charge in [-0.25, -0.2) is 0 Å². The van der Waals surface area contributed by atoms with Crippen LogP contribution in [0, 0.1) is 0 Å². The Kier molecular flexibility index (Phi) is 4.54. The maximum absolute atomic E-state index is 10.9. The first-order chi connectivity index (χ1) is 5.07. The van der Waals surface area contributed by atoms with Gasteiger partial charge in [0.1, 0.15) is 6.04 Å². The van der Waals surface area contributed by atoms with E-state index in [1.807, 2.05) is 6.92 Å². The summed E-state index contributed by atoms with van der Waals surface area (Å²) in [6.07, 6.45) is 0.499. The molecule has 0 radical (unpaired) electrons. The summed E-state index contributed by atoms with van der Waals surface area (Å²) in [5.41, 5.74) is 6.36. The van der Waals surface area contributed by atoms with E-state index in [2.05, 4.69) is 6.58 Å². The maximum Gasteiger partial charge on any atom is 0.323 e. The minimum absolute atomic E-state index is 0.351. The van der Waals surface area contributed by atoms with Crippen LogP contribution in [0.5, 0.6) is 0 Å². The van der Waals surface area contributed by atoms with Gasteiger partial charge >= 0.3 is 5.97 Å². The van der Waals surface area contributed by atoms with Crippen LogP contribution in [-0.2, 0) is 9.53 Å². The van der Waals surface area contributed by atoms with Crippen LogP contribution in [0.4, 0.5) is 0 Å². The minimum Gasteiger partial charge on any atom is -0.465 e. The molecule has 0 heterocycles. The lowest BCUT2D eigenvalue weighted by atomic mass is 10.1. The van der Waals surface area contributed by atoms with Crippen LogP contribution in [0.2, 0.25) is 0 Å². The zero-order valence-corrected chi connectivity index (χ0v) is 7.09. The van der Waals surface area contributed by atoms with E-state index in [9.17, 15) is 4.79 Å². The fourth-order valence-corrected chi connectivity index (χ4v) is 0.708. The summed E-state index contributed by atoms with van der Waals surface area (Å²) in [7, 11) is 0. The van der Waals surface area contributed by atoms with Gasteiger partial charge in [0.2, 0.25) is 0 Å². The van der Waals surface area contributed by atoms with E-state index in [-0.39, 0.29) is 5.97 Å². The topological polar surface area (TPSA) is 52.3 Å². The van der Waals surface area contributed by atoms with Crippen molar-refractivity contribution in [2.75, 3.05) is 6.61 Å². The highest BCUT2D eigenvalue weighted by Gasteiger charge is 2.13. The van der Waals surface area contributed by atoms with Crippen LogP contribution in [0.1, 0.15) is 20.3 Å². The molecule has 3 nitrogen and oxygen atoms in total. The van der Waals surface area contributed by atoms with Crippen molar-refractivity contribution < 1.29 is 9.53 Å². The van der Waals surface area contributed by atoms with Crippen molar-refractivity contribution >= 4 is 5.97 Å². The number of hydrogen-bond donors (Lipinski definition) is 1. The van der Waals surface area contributed by atoms with Crippen LogP contribution in [-0.4, -0.2) is 18.6 Å². The van der Waals surface area contributed by atoms with Crippen LogP contribution in [0.15, 0.2) is 12.2 Å². The summed E-state index contributed by atoms with van der Waals surface area (Å²) in [6, 6.07) is -0.549. The molecule has 0 aromatic carbocycles. The van der Waals surface area contributed by atoms with Crippen molar-refractivity contribution in [2.45, 2.75) is 26.3 Å². The highest BCUT2D eigenvalue weighted by Crippen LogP contribution is 2.00. The summed E-state index contributed by atoms with van der Waals surface area (Å²) in [5, 5.41) is 0. The third-order valence-corrected chi connectivity index (χ3v) is 1.16. The molecular formula is C8H15NO2. The summed E-state index contributed by atoms with van der Waals surface area (Å²) in [4.78, 5) is 10.9. The first kappa shape index (κ1) is 10.2. The van der Waals surface area contributed by atoms with Crippen molar-refractivity contribution in [3.8, 4) is 0 Å². The van der Waals surface area contributed by atoms with Gasteiger partial charge < -0.3 is 10.5 Å². The van der Waals surface area contributed by atoms with Crippen LogP contribution < -0.4 is 5.73 Å². The molecule has 3 heteroatoms. The first-order valence-corrected chi connectivity index (χ1v) is 3.64. The Morgan fingerprint density at radius 3 is 2.64 bits per heavy atom. The normalized spacial score (nSPS) is 12.3. The molecule has 0 saturated carbocycles. The molecule has 1 atom stereocenters. The third kappa shape index (κ3) is 4.56. The Morgan fingerprint density at radius 1 is 1.73 bits per heavy atom. The van der Waals surface area contributed by atoms with Crippen molar-refractivity contribution in [3.05, 3.63) is 12.2 Å². The summed E-state index contributed by atoms with van der Waals surface area (Å²) in [6.45, 7) is 7.62. The molecule has 11 heavy (non-hydrogen) atoms. The molecule has 0 aliphatic carbocycles. The second-order valence-electron chi connectivity index (χ2n) is 2.52. The molecule has 2 N–H and O–H groups in total. The number of ether oxygens (including phenoxy) is 1. The van der Waals surface area contributed by atoms with Crippen molar-refractivity contribution in [3.63, 3.8) is 0 Å². The molecule has 0 aliphatic heterocycles. The molecule has 0 aliphatic rings. The number of carbonyl (C=O) groups is 1. The van der Waals surface area contributed by atoms with Crippen LogP contribution >= 0.6 is 0 Å². The predicted octanol–water partition coefficient (Wildman–Crippen LogP) is 0.843. The number of rotatable bonds is 4. The zero-order valence-electron chi connectivity index (χ0n) is 7.09. The van der Waals surface area contributed by atoms with Gasteiger partial charge in [0.05, 0.1) is 6.61 Å². The van der Waals surface area contributed by atoms with Gasteiger partial charge in [-0.2, -0.15) is 0 Å². The molecule has 0 spiro atoms. The molecule has 64 valence electrons. The van der Waals surface area contributed by atoms with E-state index >= 15 is 0 Å². The van der Waals surface area contributed by atoms with Gasteiger partial charge in [-0.05, 0) is 20.3 Å². The predicted molar refractivity (Wildman–Crippen MR) is 44.0 cm³/mol. The molecule has 0 aromatic heterocycles. The SMILES string of the molecule is C=C(C)C[C@H](N)C(=O)OCC. The number of carbonyl (C=O) groups excluding carboxylic acids is 1. The Bertz CT molecular complexity index is 154. The Morgan fingerprint density at radius 2 is 2.27 bits per heavy atom. The standard InChI is InChI=1S/C8H15NO2/c1-4-11-8(10)7(9)5-6(2)3/h7H,2,4-5,9H2,1,3H3/t7-/m0/s1. The van der Waals surface area contributed by atoms with E-state index in [1.54, 1.807) is 6.92 Å². The molecular weight excluding hydrogens is 142 g/mol. The number of nitrogens with two attached hydrogens (primary N) is 1. The highest BCUT2D eigenvalue weighted by atomic mass is 16.5. The Labute approximate surface area is 67.2 Å². The van der Waals surface area contributed by atoms with Crippen LogP contribution in [0.3, 0.4) is 0 Å². The van der Waals surface area contributed by atoms with Crippen molar-refractivity contribution in [1.29, 1.82) is 0 Å². The smallest absolute Gasteiger partial charge is 0.323 e. The lowest BCUT2D eigenvalue weighted by Crippen LogP contribution is -2.32. The van der Waals surface area contributed by atoms with E-state index in [0.717, 1.165) is 5.57 Å². The monoisotopic (exact) mass is 157 g/mol. The van der Waals surface area contributed by atoms with E-state index in [0.29, 0.717) is 13.0 Å². The zero-order chi connectivity index (χ0) is 8.85. The van der Waals surface area contributed by atoms with Gasteiger partial charge in [0.15, 0.2) is 0 Å². The second-order valence-corrected chi connectivity index (χ2v) is 2.52. The molecule has 0 aromatic rings. The first-order valence-electron chi connectivity index (χ1n) is 3.64. The number of hydrogen-bond acceptors (Lipinski definition) is 3. The molecule has 0 rings (SSSR count). The van der Waals surface area contributed by atoms with Gasteiger partial charge in [-0.15, -0.1) is 6.58 Å². The molecule has 0 fully saturated rings. The quantitative estimate of drug-likeness (QED) is 0.486. The molecule has 0 unspecified atom stereocenters. The summed E-state index contributed by atoms with van der Waals surface area (Å²) in [5.74, 6) is -0.351. The molecule has 0 bridgehead atoms. The molecule has 0 amide bonds. The summed E-state index contributed by atoms with van der Waals surface area (Å²) >= 11 is 0.